The van der Waals surface area contributed by atoms with E-state index in [1.165, 1.54) is 0 Å². The van der Waals surface area contributed by atoms with Crippen molar-refractivity contribution >= 4 is 23.2 Å². The number of halogens is 2. The van der Waals surface area contributed by atoms with E-state index in [-0.39, 0.29) is 6.10 Å². The first-order valence-corrected chi connectivity index (χ1v) is 8.97. The van der Waals surface area contributed by atoms with E-state index in [2.05, 4.69) is 15.2 Å². The Labute approximate surface area is 166 Å². The third kappa shape index (κ3) is 4.13. The second kappa shape index (κ2) is 7.82. The van der Waals surface area contributed by atoms with Crippen molar-refractivity contribution in [3.05, 3.63) is 89.4 Å². The van der Waals surface area contributed by atoms with E-state index < -0.39 is 0 Å². The first kappa shape index (κ1) is 17.6. The third-order valence-corrected chi connectivity index (χ3v) is 4.64. The Balaban J connectivity index is 1.60. The average Bonchev–Trinajstić information content (AvgIpc) is 3.36. The van der Waals surface area contributed by atoms with Crippen LogP contribution in [0.4, 0.5) is 0 Å². The van der Waals surface area contributed by atoms with Crippen molar-refractivity contribution in [2.24, 2.45) is 0 Å². The highest BCUT2D eigenvalue weighted by Crippen LogP contribution is 2.31. The van der Waals surface area contributed by atoms with Gasteiger partial charge in [-0.1, -0.05) is 29.3 Å². The largest absolute Gasteiger partial charge is 0.484 e. The summed E-state index contributed by atoms with van der Waals surface area (Å²) in [5.41, 5.74) is 1.81. The van der Waals surface area contributed by atoms with Gasteiger partial charge in [-0.25, -0.2) is 4.98 Å². The van der Waals surface area contributed by atoms with Crippen LogP contribution in [0, 0.1) is 0 Å². The highest BCUT2D eigenvalue weighted by Gasteiger charge is 2.18. The Morgan fingerprint density at radius 2 is 1.74 bits per heavy atom. The van der Waals surface area contributed by atoms with Gasteiger partial charge in [-0.15, -0.1) is 10.2 Å². The van der Waals surface area contributed by atoms with Crippen molar-refractivity contribution in [1.82, 2.24) is 24.3 Å². The zero-order valence-corrected chi connectivity index (χ0v) is 15.6. The highest BCUT2D eigenvalue weighted by molar-refractivity contribution is 6.35. The minimum Gasteiger partial charge on any atom is -0.484 e. The van der Waals surface area contributed by atoms with Crippen molar-refractivity contribution < 1.29 is 4.74 Å². The molecule has 4 rings (SSSR count). The molecule has 0 fully saturated rings. The molecular weight excluding hydrogens is 385 g/mol. The monoisotopic (exact) mass is 399 g/mol. The number of ether oxygens (including phenoxy) is 1. The molecule has 0 bridgehead atoms. The lowest BCUT2D eigenvalue weighted by atomic mass is 10.1. The SMILES string of the molecule is Clc1ccc(C(Cn2ccnc2)Oc2ccc(-n3cnnc3)cc2)c(Cl)c1. The van der Waals surface area contributed by atoms with Crippen LogP contribution in [0.15, 0.2) is 73.8 Å². The molecule has 1 atom stereocenters. The van der Waals surface area contributed by atoms with E-state index >= 15 is 0 Å². The lowest BCUT2D eigenvalue weighted by molar-refractivity contribution is 0.183. The molecule has 1 unspecified atom stereocenters. The quantitative estimate of drug-likeness (QED) is 0.475. The normalized spacial score (nSPS) is 12.1. The minimum atomic E-state index is -0.301. The molecule has 0 aliphatic carbocycles. The summed E-state index contributed by atoms with van der Waals surface area (Å²) in [5, 5.41) is 8.78. The van der Waals surface area contributed by atoms with Gasteiger partial charge in [-0.05, 0) is 36.4 Å². The fourth-order valence-corrected chi connectivity index (χ4v) is 3.27. The second-order valence-corrected chi connectivity index (χ2v) is 6.74. The van der Waals surface area contributed by atoms with E-state index in [4.69, 9.17) is 27.9 Å². The highest BCUT2D eigenvalue weighted by atomic mass is 35.5. The topological polar surface area (TPSA) is 57.8 Å². The van der Waals surface area contributed by atoms with Crippen LogP contribution in [0.1, 0.15) is 11.7 Å². The molecule has 0 aliphatic heterocycles. The summed E-state index contributed by atoms with van der Waals surface area (Å²) in [5.74, 6) is 0.725. The molecule has 0 radical (unpaired) electrons. The maximum Gasteiger partial charge on any atom is 0.143 e. The summed E-state index contributed by atoms with van der Waals surface area (Å²) in [7, 11) is 0. The van der Waals surface area contributed by atoms with E-state index in [9.17, 15) is 0 Å². The van der Waals surface area contributed by atoms with Crippen LogP contribution in [-0.2, 0) is 6.54 Å². The number of aromatic nitrogens is 5. The molecule has 8 heteroatoms. The van der Waals surface area contributed by atoms with Crippen LogP contribution < -0.4 is 4.74 Å². The molecule has 4 aromatic rings. The van der Waals surface area contributed by atoms with Gasteiger partial charge in [-0.2, -0.15) is 0 Å². The summed E-state index contributed by atoms with van der Waals surface area (Å²) in [6.07, 6.45) is 8.35. The zero-order valence-electron chi connectivity index (χ0n) is 14.1. The van der Waals surface area contributed by atoms with Crippen LogP contribution in [0.5, 0.6) is 5.75 Å². The number of benzene rings is 2. The summed E-state index contributed by atoms with van der Waals surface area (Å²) >= 11 is 12.5. The van der Waals surface area contributed by atoms with E-state index in [1.54, 1.807) is 31.2 Å². The summed E-state index contributed by atoms with van der Waals surface area (Å²) in [4.78, 5) is 4.09. The van der Waals surface area contributed by atoms with Gasteiger partial charge in [0.15, 0.2) is 0 Å². The standard InChI is InChI=1S/C19H15Cl2N5O/c20-14-1-6-17(18(21)9-14)19(10-25-8-7-22-11-25)27-16-4-2-15(3-5-16)26-12-23-24-13-26/h1-9,11-13,19H,10H2. The van der Waals surface area contributed by atoms with Crippen LogP contribution in [0.25, 0.3) is 5.69 Å². The van der Waals surface area contributed by atoms with Crippen molar-refractivity contribution in [3.63, 3.8) is 0 Å². The number of hydrogen-bond acceptors (Lipinski definition) is 4. The molecule has 2 heterocycles. The Kier molecular flexibility index (Phi) is 5.09. The second-order valence-electron chi connectivity index (χ2n) is 5.89. The molecule has 27 heavy (non-hydrogen) atoms. The van der Waals surface area contributed by atoms with Gasteiger partial charge in [0.05, 0.1) is 12.9 Å². The maximum atomic E-state index is 6.42. The number of hydrogen-bond donors (Lipinski definition) is 0. The smallest absolute Gasteiger partial charge is 0.143 e. The first-order valence-electron chi connectivity index (χ1n) is 8.21. The lowest BCUT2D eigenvalue weighted by Crippen LogP contribution is -2.15. The number of rotatable bonds is 6. The molecule has 0 amide bonds. The Morgan fingerprint density at radius 1 is 0.963 bits per heavy atom. The van der Waals surface area contributed by atoms with E-state index in [0.29, 0.717) is 16.6 Å². The van der Waals surface area contributed by atoms with Crippen molar-refractivity contribution in [2.45, 2.75) is 12.6 Å². The summed E-state index contributed by atoms with van der Waals surface area (Å²) in [6.45, 7) is 0.564. The van der Waals surface area contributed by atoms with Gasteiger partial charge < -0.3 is 9.30 Å². The van der Waals surface area contributed by atoms with Gasteiger partial charge in [0.1, 0.15) is 24.5 Å². The molecule has 6 nitrogen and oxygen atoms in total. The van der Waals surface area contributed by atoms with E-state index in [1.807, 2.05) is 51.7 Å². The van der Waals surface area contributed by atoms with Gasteiger partial charge in [-0.3, -0.25) is 4.57 Å². The Hall–Kier alpha value is -2.83. The summed E-state index contributed by atoms with van der Waals surface area (Å²) in [6, 6.07) is 13.1. The Morgan fingerprint density at radius 3 is 2.41 bits per heavy atom. The molecule has 0 spiro atoms. The number of imidazole rings is 1. The molecule has 0 saturated carbocycles. The molecule has 0 saturated heterocycles. The molecule has 0 aliphatic rings. The maximum absolute atomic E-state index is 6.42. The zero-order chi connectivity index (χ0) is 18.6. The van der Waals surface area contributed by atoms with Crippen molar-refractivity contribution in [3.8, 4) is 11.4 Å². The van der Waals surface area contributed by atoms with Crippen molar-refractivity contribution in [2.75, 3.05) is 0 Å². The van der Waals surface area contributed by atoms with Crippen LogP contribution >= 0.6 is 23.2 Å². The molecule has 136 valence electrons. The predicted molar refractivity (Wildman–Crippen MR) is 103 cm³/mol. The van der Waals surface area contributed by atoms with Gasteiger partial charge in [0.25, 0.3) is 0 Å². The fourth-order valence-electron chi connectivity index (χ4n) is 2.74. The average molecular weight is 400 g/mol. The molecular formula is C19H15Cl2N5O. The van der Waals surface area contributed by atoms with Crippen LogP contribution in [0.3, 0.4) is 0 Å². The first-order chi connectivity index (χ1) is 13.2. The minimum absolute atomic E-state index is 0.301. The molecule has 2 aromatic carbocycles. The van der Waals surface area contributed by atoms with Crippen LogP contribution in [0.2, 0.25) is 10.0 Å². The number of nitrogens with zero attached hydrogens (tertiary/aromatic N) is 5. The van der Waals surface area contributed by atoms with E-state index in [0.717, 1.165) is 17.0 Å². The van der Waals surface area contributed by atoms with Crippen molar-refractivity contribution in [1.29, 1.82) is 0 Å². The summed E-state index contributed by atoms with van der Waals surface area (Å²) < 4.78 is 10.0. The van der Waals surface area contributed by atoms with Gasteiger partial charge in [0, 0.05) is 33.7 Å². The Bertz CT molecular complexity index is 1000. The molecule has 0 N–H and O–H groups in total. The fraction of sp³-hybridized carbons (Fsp3) is 0.105. The lowest BCUT2D eigenvalue weighted by Gasteiger charge is -2.21. The van der Waals surface area contributed by atoms with Gasteiger partial charge in [0.2, 0.25) is 0 Å². The predicted octanol–water partition coefficient (Wildman–Crippen LogP) is 4.59. The third-order valence-electron chi connectivity index (χ3n) is 4.08. The van der Waals surface area contributed by atoms with Crippen LogP contribution in [-0.4, -0.2) is 24.3 Å². The van der Waals surface area contributed by atoms with Gasteiger partial charge >= 0.3 is 0 Å². The molecule has 2 aromatic heterocycles.